The zero-order chi connectivity index (χ0) is 16.4. The number of H-pyrrole nitrogens is 1. The SMILES string of the molecule is Cc1[nH]c2ccccc2c1CCNC(=O)N1CCC(C)C(O)C1. The molecule has 0 saturated carbocycles. The molecule has 2 heterocycles. The van der Waals surface area contributed by atoms with Crippen molar-refractivity contribution in [1.82, 2.24) is 15.2 Å². The summed E-state index contributed by atoms with van der Waals surface area (Å²) < 4.78 is 0. The van der Waals surface area contributed by atoms with E-state index in [9.17, 15) is 9.90 Å². The summed E-state index contributed by atoms with van der Waals surface area (Å²) in [7, 11) is 0. The molecule has 3 rings (SSSR count). The lowest BCUT2D eigenvalue weighted by Gasteiger charge is -2.34. The topological polar surface area (TPSA) is 68.4 Å². The Hall–Kier alpha value is -2.01. The molecule has 5 nitrogen and oxygen atoms in total. The van der Waals surface area contributed by atoms with E-state index in [0.29, 0.717) is 13.1 Å². The second kappa shape index (κ2) is 6.62. The third kappa shape index (κ3) is 3.34. The Balaban J connectivity index is 1.56. The molecule has 1 aliphatic rings. The first-order valence-corrected chi connectivity index (χ1v) is 8.33. The van der Waals surface area contributed by atoms with E-state index in [2.05, 4.69) is 29.4 Å². The van der Waals surface area contributed by atoms with Crippen molar-refractivity contribution < 1.29 is 9.90 Å². The van der Waals surface area contributed by atoms with Gasteiger partial charge in [0.25, 0.3) is 0 Å². The molecule has 2 unspecified atom stereocenters. The van der Waals surface area contributed by atoms with Crippen LogP contribution in [-0.4, -0.2) is 46.8 Å². The number of carbonyl (C=O) groups is 1. The summed E-state index contributed by atoms with van der Waals surface area (Å²) in [5, 5.41) is 14.1. The van der Waals surface area contributed by atoms with Gasteiger partial charge in [0.05, 0.1) is 6.10 Å². The molecule has 1 fully saturated rings. The zero-order valence-corrected chi connectivity index (χ0v) is 13.8. The van der Waals surface area contributed by atoms with Gasteiger partial charge in [0.2, 0.25) is 0 Å². The van der Waals surface area contributed by atoms with Crippen LogP contribution in [0.5, 0.6) is 0 Å². The molecule has 0 spiro atoms. The summed E-state index contributed by atoms with van der Waals surface area (Å²) >= 11 is 0. The largest absolute Gasteiger partial charge is 0.391 e. The number of hydrogen-bond acceptors (Lipinski definition) is 2. The fourth-order valence-electron chi connectivity index (χ4n) is 3.30. The van der Waals surface area contributed by atoms with Crippen molar-refractivity contribution in [3.8, 4) is 0 Å². The molecule has 124 valence electrons. The van der Waals surface area contributed by atoms with E-state index in [1.54, 1.807) is 4.90 Å². The first kappa shape index (κ1) is 15.9. The van der Waals surface area contributed by atoms with Crippen LogP contribution in [0.3, 0.4) is 0 Å². The van der Waals surface area contributed by atoms with Gasteiger partial charge in [0.1, 0.15) is 0 Å². The van der Waals surface area contributed by atoms with E-state index in [1.165, 1.54) is 10.9 Å². The maximum absolute atomic E-state index is 12.2. The van der Waals surface area contributed by atoms with Gasteiger partial charge in [-0.1, -0.05) is 25.1 Å². The summed E-state index contributed by atoms with van der Waals surface area (Å²) in [4.78, 5) is 17.3. The Morgan fingerprint density at radius 1 is 1.43 bits per heavy atom. The lowest BCUT2D eigenvalue weighted by atomic mass is 9.96. The zero-order valence-electron chi connectivity index (χ0n) is 13.8. The van der Waals surface area contributed by atoms with Crippen LogP contribution in [0.25, 0.3) is 10.9 Å². The van der Waals surface area contributed by atoms with Crippen molar-refractivity contribution in [3.63, 3.8) is 0 Å². The molecule has 1 aromatic heterocycles. The molecule has 5 heteroatoms. The van der Waals surface area contributed by atoms with Crippen molar-refractivity contribution in [3.05, 3.63) is 35.5 Å². The minimum absolute atomic E-state index is 0.0755. The smallest absolute Gasteiger partial charge is 0.317 e. The monoisotopic (exact) mass is 315 g/mol. The Bertz CT molecular complexity index is 695. The summed E-state index contributed by atoms with van der Waals surface area (Å²) in [5.41, 5.74) is 3.55. The normalized spacial score (nSPS) is 21.6. The lowest BCUT2D eigenvalue weighted by molar-refractivity contribution is 0.0436. The van der Waals surface area contributed by atoms with E-state index < -0.39 is 6.10 Å². The number of urea groups is 1. The van der Waals surface area contributed by atoms with Crippen LogP contribution in [0.4, 0.5) is 4.79 Å². The number of aliphatic hydroxyl groups excluding tert-OH is 1. The third-order valence-electron chi connectivity index (χ3n) is 4.88. The number of carbonyl (C=O) groups excluding carboxylic acids is 1. The van der Waals surface area contributed by atoms with Crippen molar-refractivity contribution in [2.24, 2.45) is 5.92 Å². The number of nitrogens with one attached hydrogen (secondary N) is 2. The van der Waals surface area contributed by atoms with Crippen LogP contribution >= 0.6 is 0 Å². The van der Waals surface area contributed by atoms with Gasteiger partial charge in [-0.25, -0.2) is 4.79 Å². The molecule has 0 aliphatic carbocycles. The number of likely N-dealkylation sites (tertiary alicyclic amines) is 1. The number of aromatic nitrogens is 1. The highest BCUT2D eigenvalue weighted by molar-refractivity contribution is 5.84. The van der Waals surface area contributed by atoms with Gasteiger partial charge in [-0.15, -0.1) is 0 Å². The van der Waals surface area contributed by atoms with Crippen molar-refractivity contribution in [1.29, 1.82) is 0 Å². The number of benzene rings is 1. The van der Waals surface area contributed by atoms with Crippen molar-refractivity contribution >= 4 is 16.9 Å². The molecule has 2 amide bonds. The van der Waals surface area contributed by atoms with Gasteiger partial charge in [0, 0.05) is 36.2 Å². The van der Waals surface area contributed by atoms with Crippen LogP contribution < -0.4 is 5.32 Å². The van der Waals surface area contributed by atoms with Gasteiger partial charge < -0.3 is 20.3 Å². The predicted octanol–water partition coefficient (Wildman–Crippen LogP) is 2.43. The number of amides is 2. The van der Waals surface area contributed by atoms with Crippen LogP contribution in [0, 0.1) is 12.8 Å². The van der Waals surface area contributed by atoms with Crippen LogP contribution in [-0.2, 0) is 6.42 Å². The molecule has 2 aromatic rings. The van der Waals surface area contributed by atoms with Crippen molar-refractivity contribution in [2.45, 2.75) is 32.8 Å². The fraction of sp³-hybridized carbons (Fsp3) is 0.500. The van der Waals surface area contributed by atoms with E-state index >= 15 is 0 Å². The summed E-state index contributed by atoms with van der Waals surface area (Å²) in [6.07, 6.45) is 1.25. The second-order valence-corrected chi connectivity index (χ2v) is 6.54. The highest BCUT2D eigenvalue weighted by Crippen LogP contribution is 2.22. The molecule has 0 radical (unpaired) electrons. The number of β-amino-alcohol motifs (C(OH)–C–C–N with tert-alkyl or cyclic N) is 1. The molecule has 1 saturated heterocycles. The number of rotatable bonds is 3. The van der Waals surface area contributed by atoms with Gasteiger partial charge in [-0.05, 0) is 37.3 Å². The average molecular weight is 315 g/mol. The Morgan fingerprint density at radius 3 is 3.00 bits per heavy atom. The number of aliphatic hydroxyl groups is 1. The molecule has 1 aliphatic heterocycles. The Kier molecular flexibility index (Phi) is 4.57. The van der Waals surface area contributed by atoms with Gasteiger partial charge in [-0.3, -0.25) is 0 Å². The van der Waals surface area contributed by atoms with Gasteiger partial charge in [0.15, 0.2) is 0 Å². The minimum Gasteiger partial charge on any atom is -0.391 e. The van der Waals surface area contributed by atoms with E-state index in [0.717, 1.165) is 30.6 Å². The fourth-order valence-corrected chi connectivity index (χ4v) is 3.30. The molecule has 2 atom stereocenters. The minimum atomic E-state index is -0.412. The maximum Gasteiger partial charge on any atom is 0.317 e. The summed E-state index contributed by atoms with van der Waals surface area (Å²) in [5.74, 6) is 0.271. The van der Waals surface area contributed by atoms with E-state index in [-0.39, 0.29) is 11.9 Å². The molecular formula is C18H25N3O2. The third-order valence-corrected chi connectivity index (χ3v) is 4.88. The van der Waals surface area contributed by atoms with E-state index in [1.807, 2.05) is 19.1 Å². The number of piperidine rings is 1. The number of aryl methyl sites for hydroxylation is 1. The molecule has 3 N–H and O–H groups in total. The lowest BCUT2D eigenvalue weighted by Crippen LogP contribution is -2.49. The van der Waals surface area contributed by atoms with E-state index in [4.69, 9.17) is 0 Å². The standard InChI is InChI=1S/C18H25N3O2/c1-12-8-10-21(11-17(12)22)18(23)19-9-7-14-13(2)20-16-6-4-3-5-15(14)16/h3-6,12,17,20,22H,7-11H2,1-2H3,(H,19,23). The molecule has 1 aromatic carbocycles. The predicted molar refractivity (Wildman–Crippen MR) is 91.5 cm³/mol. The Morgan fingerprint density at radius 2 is 2.22 bits per heavy atom. The number of hydrogen-bond donors (Lipinski definition) is 3. The van der Waals surface area contributed by atoms with Gasteiger partial charge >= 0.3 is 6.03 Å². The molecular weight excluding hydrogens is 290 g/mol. The quantitative estimate of drug-likeness (QED) is 0.814. The average Bonchev–Trinajstić information content (AvgIpc) is 2.86. The Labute approximate surface area is 136 Å². The molecule has 0 bridgehead atoms. The maximum atomic E-state index is 12.2. The first-order valence-electron chi connectivity index (χ1n) is 8.33. The highest BCUT2D eigenvalue weighted by Gasteiger charge is 2.27. The number of para-hydroxylation sites is 1. The summed E-state index contributed by atoms with van der Waals surface area (Å²) in [6, 6.07) is 8.16. The number of aromatic amines is 1. The summed E-state index contributed by atoms with van der Waals surface area (Å²) in [6.45, 7) is 5.85. The number of fused-ring (bicyclic) bond motifs is 1. The number of nitrogens with zero attached hydrogens (tertiary/aromatic N) is 1. The van der Waals surface area contributed by atoms with Gasteiger partial charge in [-0.2, -0.15) is 0 Å². The van der Waals surface area contributed by atoms with Crippen LogP contribution in [0.15, 0.2) is 24.3 Å². The van der Waals surface area contributed by atoms with Crippen LogP contribution in [0.2, 0.25) is 0 Å². The highest BCUT2D eigenvalue weighted by atomic mass is 16.3. The molecule has 23 heavy (non-hydrogen) atoms. The van der Waals surface area contributed by atoms with Crippen molar-refractivity contribution in [2.75, 3.05) is 19.6 Å². The second-order valence-electron chi connectivity index (χ2n) is 6.54. The first-order chi connectivity index (χ1) is 11.1. The van der Waals surface area contributed by atoms with Crippen LogP contribution in [0.1, 0.15) is 24.6 Å².